The molecule has 23 heavy (non-hydrogen) atoms. The number of aliphatic carboxylic acids is 1. The second kappa shape index (κ2) is 7.19. The lowest BCUT2D eigenvalue weighted by atomic mass is 9.99. The smallest absolute Gasteiger partial charge is 0.313 e. The molecule has 3 rings (SSSR count). The van der Waals surface area contributed by atoms with Gasteiger partial charge in [0.15, 0.2) is 0 Å². The summed E-state index contributed by atoms with van der Waals surface area (Å²) >= 11 is 2.90. The number of hydrogen-bond acceptors (Lipinski definition) is 4. The number of anilines is 1. The molecule has 1 aromatic heterocycles. The summed E-state index contributed by atoms with van der Waals surface area (Å²) in [6, 6.07) is 9.07. The summed E-state index contributed by atoms with van der Waals surface area (Å²) in [5, 5.41) is 12.7. The number of carboxylic acid groups (broad SMARTS) is 1. The first-order valence-corrected chi connectivity index (χ1v) is 9.31. The molecule has 0 fully saturated rings. The molecule has 0 saturated carbocycles. The zero-order valence-electron chi connectivity index (χ0n) is 12.5. The van der Waals surface area contributed by atoms with Crippen LogP contribution in [0.15, 0.2) is 35.2 Å². The molecule has 0 radical (unpaired) electrons. The number of aryl methyl sites for hydroxylation is 1. The lowest BCUT2D eigenvalue weighted by Crippen LogP contribution is -2.11. The fourth-order valence-electron chi connectivity index (χ4n) is 2.67. The van der Waals surface area contributed by atoms with Crippen LogP contribution in [0.25, 0.3) is 0 Å². The van der Waals surface area contributed by atoms with Crippen molar-refractivity contribution in [3.05, 3.63) is 46.3 Å². The highest BCUT2D eigenvalue weighted by Gasteiger charge is 2.23. The van der Waals surface area contributed by atoms with Gasteiger partial charge in [-0.05, 0) is 43.4 Å². The number of carbonyl (C=O) groups is 2. The van der Waals surface area contributed by atoms with Gasteiger partial charge in [0.25, 0.3) is 5.91 Å². The van der Waals surface area contributed by atoms with Crippen molar-refractivity contribution < 1.29 is 14.7 Å². The van der Waals surface area contributed by atoms with Crippen LogP contribution in [0.5, 0.6) is 0 Å². The Bertz CT molecular complexity index is 725. The highest BCUT2D eigenvalue weighted by Crippen LogP contribution is 2.43. The summed E-state index contributed by atoms with van der Waals surface area (Å²) in [6.45, 7) is 0. The predicted molar refractivity (Wildman–Crippen MR) is 93.7 cm³/mol. The van der Waals surface area contributed by atoms with E-state index in [0.717, 1.165) is 35.6 Å². The Morgan fingerprint density at radius 3 is 2.65 bits per heavy atom. The van der Waals surface area contributed by atoms with Crippen molar-refractivity contribution in [2.45, 2.75) is 30.6 Å². The SMILES string of the molecule is O=C(O)CSc1c(NC(=O)c2ccccc2)sc2c1CCCC2. The van der Waals surface area contributed by atoms with Gasteiger partial charge in [0.2, 0.25) is 0 Å². The summed E-state index contributed by atoms with van der Waals surface area (Å²) in [5.41, 5.74) is 1.84. The number of amides is 1. The summed E-state index contributed by atoms with van der Waals surface area (Å²) in [5.74, 6) is -0.982. The zero-order chi connectivity index (χ0) is 16.2. The number of thiophene rings is 1. The third-order valence-corrected chi connectivity index (χ3v) is 6.19. The van der Waals surface area contributed by atoms with Crippen molar-refractivity contribution in [3.8, 4) is 0 Å². The van der Waals surface area contributed by atoms with Crippen LogP contribution in [0, 0.1) is 0 Å². The molecular formula is C17H17NO3S2. The lowest BCUT2D eigenvalue weighted by molar-refractivity contribution is -0.133. The molecule has 0 aliphatic heterocycles. The second-order valence-electron chi connectivity index (χ2n) is 5.37. The van der Waals surface area contributed by atoms with Crippen LogP contribution >= 0.6 is 23.1 Å². The maximum atomic E-state index is 12.4. The van der Waals surface area contributed by atoms with Gasteiger partial charge in [-0.1, -0.05) is 18.2 Å². The average molecular weight is 347 g/mol. The largest absolute Gasteiger partial charge is 0.481 e. The first-order valence-electron chi connectivity index (χ1n) is 7.50. The molecular weight excluding hydrogens is 330 g/mol. The first kappa shape index (κ1) is 16.1. The summed E-state index contributed by atoms with van der Waals surface area (Å²) in [7, 11) is 0. The van der Waals surface area contributed by atoms with E-state index in [1.165, 1.54) is 22.2 Å². The van der Waals surface area contributed by atoms with Crippen LogP contribution < -0.4 is 5.32 Å². The van der Waals surface area contributed by atoms with E-state index in [-0.39, 0.29) is 11.7 Å². The fraction of sp³-hybridized carbons (Fsp3) is 0.294. The number of carbonyl (C=O) groups excluding carboxylic acids is 1. The third-order valence-electron chi connectivity index (χ3n) is 3.73. The molecule has 6 heteroatoms. The van der Waals surface area contributed by atoms with E-state index in [9.17, 15) is 9.59 Å². The molecule has 0 spiro atoms. The van der Waals surface area contributed by atoms with Crippen molar-refractivity contribution in [2.75, 3.05) is 11.1 Å². The Morgan fingerprint density at radius 1 is 1.17 bits per heavy atom. The highest BCUT2D eigenvalue weighted by molar-refractivity contribution is 8.00. The topological polar surface area (TPSA) is 66.4 Å². The normalized spacial score (nSPS) is 13.4. The Labute approximate surface area is 142 Å². The summed E-state index contributed by atoms with van der Waals surface area (Å²) in [4.78, 5) is 25.5. The van der Waals surface area contributed by atoms with E-state index in [4.69, 9.17) is 5.11 Å². The van der Waals surface area contributed by atoms with E-state index in [1.54, 1.807) is 23.5 Å². The Hall–Kier alpha value is -1.79. The molecule has 1 heterocycles. The van der Waals surface area contributed by atoms with Gasteiger partial charge in [-0.3, -0.25) is 9.59 Å². The van der Waals surface area contributed by atoms with Gasteiger partial charge < -0.3 is 10.4 Å². The minimum absolute atomic E-state index is 0.0113. The maximum Gasteiger partial charge on any atom is 0.313 e. The van der Waals surface area contributed by atoms with Crippen LogP contribution in [0.2, 0.25) is 0 Å². The van der Waals surface area contributed by atoms with Gasteiger partial charge in [0.05, 0.1) is 5.75 Å². The maximum absolute atomic E-state index is 12.4. The van der Waals surface area contributed by atoms with E-state index in [2.05, 4.69) is 5.32 Å². The number of benzene rings is 1. The molecule has 2 aromatic rings. The molecule has 0 bridgehead atoms. The minimum atomic E-state index is -0.842. The number of rotatable bonds is 5. The molecule has 2 N–H and O–H groups in total. The van der Waals surface area contributed by atoms with E-state index < -0.39 is 5.97 Å². The van der Waals surface area contributed by atoms with Crippen LogP contribution in [-0.4, -0.2) is 22.7 Å². The molecule has 4 nitrogen and oxygen atoms in total. The second-order valence-corrected chi connectivity index (χ2v) is 7.46. The number of nitrogens with one attached hydrogen (secondary N) is 1. The number of carboxylic acids is 1. The highest BCUT2D eigenvalue weighted by atomic mass is 32.2. The van der Waals surface area contributed by atoms with Crippen molar-refractivity contribution >= 4 is 40.0 Å². The van der Waals surface area contributed by atoms with Crippen LogP contribution in [0.1, 0.15) is 33.6 Å². The van der Waals surface area contributed by atoms with Gasteiger partial charge in [0.1, 0.15) is 5.00 Å². The lowest BCUT2D eigenvalue weighted by Gasteiger charge is -2.12. The van der Waals surface area contributed by atoms with E-state index in [1.807, 2.05) is 18.2 Å². The summed E-state index contributed by atoms with van der Waals surface area (Å²) < 4.78 is 0. The molecule has 1 aliphatic rings. The van der Waals surface area contributed by atoms with Gasteiger partial charge in [0, 0.05) is 15.3 Å². The van der Waals surface area contributed by atoms with Crippen LogP contribution in [0.3, 0.4) is 0 Å². The minimum Gasteiger partial charge on any atom is -0.481 e. The van der Waals surface area contributed by atoms with Gasteiger partial charge >= 0.3 is 5.97 Å². The van der Waals surface area contributed by atoms with Crippen molar-refractivity contribution in [2.24, 2.45) is 0 Å². The monoisotopic (exact) mass is 347 g/mol. The Morgan fingerprint density at radius 2 is 1.91 bits per heavy atom. The van der Waals surface area contributed by atoms with Crippen LogP contribution in [-0.2, 0) is 17.6 Å². The van der Waals surface area contributed by atoms with Crippen molar-refractivity contribution in [1.29, 1.82) is 0 Å². The molecule has 120 valence electrons. The zero-order valence-corrected chi connectivity index (χ0v) is 14.1. The third kappa shape index (κ3) is 3.76. The molecule has 1 amide bonds. The van der Waals surface area contributed by atoms with Crippen molar-refractivity contribution in [1.82, 2.24) is 0 Å². The predicted octanol–water partition coefficient (Wildman–Crippen LogP) is 4.06. The first-order chi connectivity index (χ1) is 11.1. The number of fused-ring (bicyclic) bond motifs is 1. The average Bonchev–Trinajstić information content (AvgIpc) is 2.90. The molecule has 0 saturated heterocycles. The van der Waals surface area contributed by atoms with E-state index in [0.29, 0.717) is 5.56 Å². The fourth-order valence-corrected chi connectivity index (χ4v) is 5.07. The standard InChI is InChI=1S/C17H17NO3S2/c19-14(20)10-22-15-12-8-4-5-9-13(12)23-17(15)18-16(21)11-6-2-1-3-7-11/h1-3,6-7H,4-5,8-10H2,(H,18,21)(H,19,20). The molecule has 0 unspecified atom stereocenters. The van der Waals surface area contributed by atoms with Gasteiger partial charge in [-0.2, -0.15) is 0 Å². The molecule has 1 aromatic carbocycles. The van der Waals surface area contributed by atoms with Crippen molar-refractivity contribution in [3.63, 3.8) is 0 Å². The number of thioether (sulfide) groups is 1. The quantitative estimate of drug-likeness (QED) is 0.801. The number of hydrogen-bond donors (Lipinski definition) is 2. The van der Waals surface area contributed by atoms with E-state index >= 15 is 0 Å². The van der Waals surface area contributed by atoms with Gasteiger partial charge in [-0.25, -0.2) is 0 Å². The Balaban J connectivity index is 1.86. The van der Waals surface area contributed by atoms with Crippen LogP contribution in [0.4, 0.5) is 5.00 Å². The molecule has 1 aliphatic carbocycles. The van der Waals surface area contributed by atoms with Gasteiger partial charge in [-0.15, -0.1) is 23.1 Å². The molecule has 0 atom stereocenters. The Kier molecular flexibility index (Phi) is 5.03. The summed E-state index contributed by atoms with van der Waals surface area (Å²) in [6.07, 6.45) is 4.26.